The molecule has 0 aliphatic carbocycles. The zero-order chi connectivity index (χ0) is 16.8. The Bertz CT molecular complexity index is 659. The summed E-state index contributed by atoms with van der Waals surface area (Å²) in [6, 6.07) is 8.49. The summed E-state index contributed by atoms with van der Waals surface area (Å²) in [5, 5.41) is 4.30. The Morgan fingerprint density at radius 1 is 1.33 bits per heavy atom. The molecule has 24 heavy (non-hydrogen) atoms. The summed E-state index contributed by atoms with van der Waals surface area (Å²) in [6.45, 7) is 3.85. The number of amides is 1. The molecule has 2 heterocycles. The van der Waals surface area contributed by atoms with Crippen LogP contribution < -0.4 is 5.32 Å². The normalized spacial score (nSPS) is 16.5. The number of nitrogens with zero attached hydrogens (tertiary/aromatic N) is 1. The van der Waals surface area contributed by atoms with Gasteiger partial charge in [-0.25, -0.2) is 0 Å². The van der Waals surface area contributed by atoms with Crippen LogP contribution in [0, 0.1) is 0 Å². The molecule has 2 aromatic rings. The first kappa shape index (κ1) is 17.0. The van der Waals surface area contributed by atoms with Crippen LogP contribution in [0.5, 0.6) is 0 Å². The number of H-pyrrole nitrogens is 1. The van der Waals surface area contributed by atoms with Crippen molar-refractivity contribution in [3.05, 3.63) is 36.0 Å². The van der Waals surface area contributed by atoms with Gasteiger partial charge in [0.2, 0.25) is 5.91 Å². The van der Waals surface area contributed by atoms with Crippen LogP contribution in [0.1, 0.15) is 30.7 Å². The quantitative estimate of drug-likeness (QED) is 0.768. The molecule has 1 aromatic heterocycles. The molecule has 0 atom stereocenters. The predicted molar refractivity (Wildman–Crippen MR) is 96.2 cm³/mol. The maximum atomic E-state index is 12.0. The van der Waals surface area contributed by atoms with Gasteiger partial charge >= 0.3 is 0 Å². The molecular weight excluding hydrogens is 302 g/mol. The van der Waals surface area contributed by atoms with Crippen molar-refractivity contribution in [2.75, 3.05) is 39.9 Å². The van der Waals surface area contributed by atoms with Crippen LogP contribution in [0.2, 0.25) is 0 Å². The second-order valence-corrected chi connectivity index (χ2v) is 6.54. The fourth-order valence-electron chi connectivity index (χ4n) is 3.54. The molecule has 5 nitrogen and oxygen atoms in total. The molecule has 0 spiro atoms. The van der Waals surface area contributed by atoms with Crippen LogP contribution in [0.25, 0.3) is 10.9 Å². The van der Waals surface area contributed by atoms with Crippen LogP contribution in [-0.4, -0.2) is 55.7 Å². The van der Waals surface area contributed by atoms with E-state index in [4.69, 9.17) is 4.74 Å². The highest BCUT2D eigenvalue weighted by Gasteiger charge is 2.23. The van der Waals surface area contributed by atoms with Crippen molar-refractivity contribution in [3.63, 3.8) is 0 Å². The smallest absolute Gasteiger partial charge is 0.234 e. The SMILES string of the molecule is COCCCNC(=O)CN1CCC(c2c[nH]c3ccccc23)CC1. The number of rotatable bonds is 7. The zero-order valence-electron chi connectivity index (χ0n) is 14.4. The van der Waals surface area contributed by atoms with Gasteiger partial charge in [-0.15, -0.1) is 0 Å². The van der Waals surface area contributed by atoms with Crippen LogP contribution in [-0.2, 0) is 9.53 Å². The summed E-state index contributed by atoms with van der Waals surface area (Å²) in [7, 11) is 1.68. The van der Waals surface area contributed by atoms with Crippen LogP contribution in [0.3, 0.4) is 0 Å². The minimum Gasteiger partial charge on any atom is -0.385 e. The molecule has 1 saturated heterocycles. The molecule has 1 aromatic carbocycles. The van der Waals surface area contributed by atoms with E-state index >= 15 is 0 Å². The van der Waals surface area contributed by atoms with Crippen molar-refractivity contribution < 1.29 is 9.53 Å². The fourth-order valence-corrected chi connectivity index (χ4v) is 3.54. The van der Waals surface area contributed by atoms with Crippen LogP contribution in [0.15, 0.2) is 30.5 Å². The fraction of sp³-hybridized carbons (Fsp3) is 0.526. The molecule has 1 aliphatic heterocycles. The second-order valence-electron chi connectivity index (χ2n) is 6.54. The van der Waals surface area contributed by atoms with Crippen molar-refractivity contribution in [1.29, 1.82) is 0 Å². The molecule has 0 radical (unpaired) electrons. The van der Waals surface area contributed by atoms with E-state index in [1.165, 1.54) is 16.5 Å². The number of ether oxygens (including phenoxy) is 1. The van der Waals surface area contributed by atoms with E-state index in [0.717, 1.165) is 32.4 Å². The predicted octanol–water partition coefficient (Wildman–Crippen LogP) is 2.50. The number of nitrogens with one attached hydrogen (secondary N) is 2. The summed E-state index contributed by atoms with van der Waals surface area (Å²) in [6.07, 6.45) is 5.25. The van der Waals surface area contributed by atoms with Gasteiger partial charge in [0, 0.05) is 37.4 Å². The number of carbonyl (C=O) groups is 1. The van der Waals surface area contributed by atoms with Crippen molar-refractivity contribution in [1.82, 2.24) is 15.2 Å². The van der Waals surface area contributed by atoms with E-state index in [1.807, 2.05) is 0 Å². The van der Waals surface area contributed by atoms with E-state index in [-0.39, 0.29) is 5.91 Å². The lowest BCUT2D eigenvalue weighted by molar-refractivity contribution is -0.122. The summed E-state index contributed by atoms with van der Waals surface area (Å²) < 4.78 is 4.99. The number of fused-ring (bicyclic) bond motifs is 1. The van der Waals surface area contributed by atoms with Gasteiger partial charge in [0.1, 0.15) is 0 Å². The summed E-state index contributed by atoms with van der Waals surface area (Å²) in [5.41, 5.74) is 2.64. The molecule has 130 valence electrons. The lowest BCUT2D eigenvalue weighted by Gasteiger charge is -2.31. The largest absolute Gasteiger partial charge is 0.385 e. The first-order valence-corrected chi connectivity index (χ1v) is 8.82. The maximum absolute atomic E-state index is 12.0. The lowest BCUT2D eigenvalue weighted by Crippen LogP contribution is -2.41. The number of benzene rings is 1. The van der Waals surface area contributed by atoms with Crippen molar-refractivity contribution in [2.24, 2.45) is 0 Å². The zero-order valence-corrected chi connectivity index (χ0v) is 14.4. The Morgan fingerprint density at radius 3 is 2.92 bits per heavy atom. The van der Waals surface area contributed by atoms with Crippen molar-refractivity contribution in [2.45, 2.75) is 25.2 Å². The number of methoxy groups -OCH3 is 1. The number of aromatic nitrogens is 1. The van der Waals surface area contributed by atoms with Crippen LogP contribution >= 0.6 is 0 Å². The second kappa shape index (κ2) is 8.31. The molecular formula is C19H27N3O2. The monoisotopic (exact) mass is 329 g/mol. The first-order chi connectivity index (χ1) is 11.8. The average molecular weight is 329 g/mol. The highest BCUT2D eigenvalue weighted by molar-refractivity contribution is 5.83. The number of hydrogen-bond acceptors (Lipinski definition) is 3. The van der Waals surface area contributed by atoms with Gasteiger partial charge in [0.05, 0.1) is 6.54 Å². The summed E-state index contributed by atoms with van der Waals surface area (Å²) in [5.74, 6) is 0.707. The topological polar surface area (TPSA) is 57.4 Å². The summed E-state index contributed by atoms with van der Waals surface area (Å²) >= 11 is 0. The highest BCUT2D eigenvalue weighted by Crippen LogP contribution is 2.32. The molecule has 0 bridgehead atoms. The lowest BCUT2D eigenvalue weighted by atomic mass is 9.89. The van der Waals surface area contributed by atoms with E-state index < -0.39 is 0 Å². The Hall–Kier alpha value is -1.85. The first-order valence-electron chi connectivity index (χ1n) is 8.82. The number of carbonyl (C=O) groups excluding carboxylic acids is 1. The van der Waals surface area contributed by atoms with Crippen LogP contribution in [0.4, 0.5) is 0 Å². The number of aromatic amines is 1. The van der Waals surface area contributed by atoms with E-state index in [9.17, 15) is 4.79 Å². The van der Waals surface area contributed by atoms with Gasteiger partial charge in [0.15, 0.2) is 0 Å². The molecule has 0 saturated carbocycles. The van der Waals surface area contributed by atoms with Gasteiger partial charge in [-0.05, 0) is 49.9 Å². The van der Waals surface area contributed by atoms with Crippen molar-refractivity contribution in [3.8, 4) is 0 Å². The number of piperidine rings is 1. The molecule has 3 rings (SSSR count). The van der Waals surface area contributed by atoms with Gasteiger partial charge in [-0.2, -0.15) is 0 Å². The molecule has 1 amide bonds. The molecule has 2 N–H and O–H groups in total. The van der Waals surface area contributed by atoms with E-state index in [0.29, 0.717) is 25.6 Å². The summed E-state index contributed by atoms with van der Waals surface area (Å²) in [4.78, 5) is 17.6. The Morgan fingerprint density at radius 2 is 2.12 bits per heavy atom. The molecule has 1 fully saturated rings. The number of likely N-dealkylation sites (tertiary alicyclic amines) is 1. The van der Waals surface area contributed by atoms with Gasteiger partial charge in [0.25, 0.3) is 0 Å². The Kier molecular flexibility index (Phi) is 5.88. The van der Waals surface area contributed by atoms with E-state index in [1.54, 1.807) is 7.11 Å². The minimum absolute atomic E-state index is 0.122. The minimum atomic E-state index is 0.122. The number of hydrogen-bond donors (Lipinski definition) is 2. The van der Waals surface area contributed by atoms with Crippen molar-refractivity contribution >= 4 is 16.8 Å². The Balaban J connectivity index is 1.46. The van der Waals surface area contributed by atoms with Gasteiger partial charge in [-0.3, -0.25) is 9.69 Å². The molecule has 5 heteroatoms. The average Bonchev–Trinajstić information content (AvgIpc) is 3.04. The highest BCUT2D eigenvalue weighted by atomic mass is 16.5. The molecule has 1 aliphatic rings. The van der Waals surface area contributed by atoms with E-state index in [2.05, 4.69) is 45.7 Å². The Labute approximate surface area is 143 Å². The van der Waals surface area contributed by atoms with Gasteiger partial charge in [-0.1, -0.05) is 18.2 Å². The third-order valence-electron chi connectivity index (χ3n) is 4.86. The third-order valence-corrected chi connectivity index (χ3v) is 4.86. The standard InChI is InChI=1S/C19H27N3O2/c1-24-12-4-9-20-19(23)14-22-10-7-15(8-11-22)17-13-21-18-6-3-2-5-16(17)18/h2-3,5-6,13,15,21H,4,7-12,14H2,1H3,(H,20,23). The molecule has 0 unspecified atom stereocenters. The number of para-hydroxylation sites is 1. The van der Waals surface area contributed by atoms with Gasteiger partial charge < -0.3 is 15.0 Å². The maximum Gasteiger partial charge on any atom is 0.234 e. The third kappa shape index (κ3) is 4.16.